The maximum absolute atomic E-state index is 13.1. The molecular formula is C11H12FNO. The summed E-state index contributed by atoms with van der Waals surface area (Å²) < 4.78 is 13.1. The molecule has 0 aliphatic rings. The van der Waals surface area contributed by atoms with Crippen molar-refractivity contribution in [3.05, 3.63) is 41.2 Å². The van der Waals surface area contributed by atoms with Crippen LogP contribution in [0, 0.1) is 5.82 Å². The van der Waals surface area contributed by atoms with E-state index in [0.29, 0.717) is 24.0 Å². The van der Waals surface area contributed by atoms with Crippen molar-refractivity contribution in [2.75, 3.05) is 13.6 Å². The second-order valence-electron chi connectivity index (χ2n) is 2.86. The van der Waals surface area contributed by atoms with E-state index >= 15 is 0 Å². The highest BCUT2D eigenvalue weighted by Crippen LogP contribution is 2.10. The van der Waals surface area contributed by atoms with Crippen molar-refractivity contribution < 1.29 is 9.18 Å². The van der Waals surface area contributed by atoms with Gasteiger partial charge < -0.3 is 5.32 Å². The van der Waals surface area contributed by atoms with Crippen molar-refractivity contribution in [3.8, 4) is 0 Å². The number of rotatable bonds is 4. The molecule has 0 aromatic heterocycles. The van der Waals surface area contributed by atoms with Gasteiger partial charge in [0.1, 0.15) is 12.1 Å². The SMILES string of the molecule is CNCC=Cc1cc(C=O)ccc1F. The maximum Gasteiger partial charge on any atom is 0.150 e. The Morgan fingerprint density at radius 3 is 2.93 bits per heavy atom. The number of carbonyl (C=O) groups is 1. The van der Waals surface area contributed by atoms with Crippen LogP contribution in [0.25, 0.3) is 6.08 Å². The van der Waals surface area contributed by atoms with Crippen LogP contribution in [0.5, 0.6) is 0 Å². The molecule has 0 radical (unpaired) electrons. The molecule has 1 aromatic carbocycles. The van der Waals surface area contributed by atoms with Crippen molar-refractivity contribution in [2.24, 2.45) is 0 Å². The molecule has 0 amide bonds. The van der Waals surface area contributed by atoms with Gasteiger partial charge in [-0.1, -0.05) is 12.2 Å². The second kappa shape index (κ2) is 5.29. The highest BCUT2D eigenvalue weighted by atomic mass is 19.1. The molecular weight excluding hydrogens is 181 g/mol. The Labute approximate surface area is 82.4 Å². The second-order valence-corrected chi connectivity index (χ2v) is 2.86. The van der Waals surface area contributed by atoms with Crippen molar-refractivity contribution in [1.29, 1.82) is 0 Å². The molecule has 0 saturated carbocycles. The lowest BCUT2D eigenvalue weighted by Crippen LogP contribution is -2.03. The zero-order chi connectivity index (χ0) is 10.4. The van der Waals surface area contributed by atoms with Gasteiger partial charge in [-0.3, -0.25) is 4.79 Å². The monoisotopic (exact) mass is 193 g/mol. The van der Waals surface area contributed by atoms with Crippen molar-refractivity contribution >= 4 is 12.4 Å². The molecule has 0 atom stereocenters. The van der Waals surface area contributed by atoms with Crippen LogP contribution in [-0.4, -0.2) is 19.9 Å². The van der Waals surface area contributed by atoms with E-state index in [0.717, 1.165) is 0 Å². The molecule has 0 unspecified atom stereocenters. The highest BCUT2D eigenvalue weighted by molar-refractivity contribution is 5.76. The van der Waals surface area contributed by atoms with Gasteiger partial charge >= 0.3 is 0 Å². The number of nitrogens with one attached hydrogen (secondary N) is 1. The highest BCUT2D eigenvalue weighted by Gasteiger charge is 1.98. The lowest BCUT2D eigenvalue weighted by molar-refractivity contribution is 0.112. The topological polar surface area (TPSA) is 29.1 Å². The molecule has 74 valence electrons. The Kier molecular flexibility index (Phi) is 4.01. The van der Waals surface area contributed by atoms with E-state index in [1.165, 1.54) is 18.2 Å². The molecule has 0 spiro atoms. The molecule has 0 bridgehead atoms. The van der Waals surface area contributed by atoms with Crippen LogP contribution in [0.2, 0.25) is 0 Å². The van der Waals surface area contributed by atoms with Gasteiger partial charge in [0, 0.05) is 17.7 Å². The summed E-state index contributed by atoms with van der Waals surface area (Å²) in [6.07, 6.45) is 4.15. The number of aldehydes is 1. The van der Waals surface area contributed by atoms with Gasteiger partial charge in [-0.25, -0.2) is 4.39 Å². The molecule has 2 nitrogen and oxygen atoms in total. The molecule has 0 aliphatic heterocycles. The van der Waals surface area contributed by atoms with Crippen LogP contribution < -0.4 is 5.32 Å². The summed E-state index contributed by atoms with van der Waals surface area (Å²) in [5.74, 6) is -0.317. The Morgan fingerprint density at radius 1 is 1.50 bits per heavy atom. The summed E-state index contributed by atoms with van der Waals surface area (Å²) >= 11 is 0. The van der Waals surface area contributed by atoms with Gasteiger partial charge in [0.05, 0.1) is 0 Å². The molecule has 14 heavy (non-hydrogen) atoms. The van der Waals surface area contributed by atoms with E-state index < -0.39 is 0 Å². The van der Waals surface area contributed by atoms with Crippen LogP contribution in [-0.2, 0) is 0 Å². The molecule has 1 rings (SSSR count). The normalized spacial score (nSPS) is 10.7. The Morgan fingerprint density at radius 2 is 2.29 bits per heavy atom. The van der Waals surface area contributed by atoms with E-state index in [1.807, 2.05) is 7.05 Å². The summed E-state index contributed by atoms with van der Waals surface area (Å²) in [7, 11) is 1.81. The van der Waals surface area contributed by atoms with E-state index in [4.69, 9.17) is 0 Å². The van der Waals surface area contributed by atoms with Crippen LogP contribution >= 0.6 is 0 Å². The minimum Gasteiger partial charge on any atom is -0.316 e. The minimum absolute atomic E-state index is 0.317. The first-order valence-corrected chi connectivity index (χ1v) is 4.34. The number of halogens is 1. The molecule has 0 saturated heterocycles. The number of carbonyl (C=O) groups excluding carboxylic acids is 1. The number of hydrogen-bond donors (Lipinski definition) is 1. The van der Waals surface area contributed by atoms with Crippen LogP contribution in [0.4, 0.5) is 4.39 Å². The third kappa shape index (κ3) is 2.78. The van der Waals surface area contributed by atoms with Crippen molar-refractivity contribution in [1.82, 2.24) is 5.32 Å². The zero-order valence-corrected chi connectivity index (χ0v) is 7.96. The van der Waals surface area contributed by atoms with Gasteiger partial charge in [0.2, 0.25) is 0 Å². The smallest absolute Gasteiger partial charge is 0.150 e. The third-order valence-corrected chi connectivity index (χ3v) is 1.78. The summed E-state index contributed by atoms with van der Waals surface area (Å²) in [6.45, 7) is 0.671. The average molecular weight is 193 g/mol. The lowest BCUT2D eigenvalue weighted by atomic mass is 10.1. The average Bonchev–Trinajstić information content (AvgIpc) is 2.21. The first-order valence-electron chi connectivity index (χ1n) is 4.34. The molecule has 0 heterocycles. The molecule has 1 aromatic rings. The van der Waals surface area contributed by atoms with Gasteiger partial charge in [0.25, 0.3) is 0 Å². The molecule has 1 N–H and O–H groups in total. The summed E-state index contributed by atoms with van der Waals surface area (Å²) in [5.41, 5.74) is 0.917. The van der Waals surface area contributed by atoms with Crippen LogP contribution in [0.15, 0.2) is 24.3 Å². The first kappa shape index (κ1) is 10.6. The van der Waals surface area contributed by atoms with Crippen molar-refractivity contribution in [3.63, 3.8) is 0 Å². The predicted molar refractivity (Wildman–Crippen MR) is 54.7 cm³/mol. The van der Waals surface area contributed by atoms with Crippen LogP contribution in [0.3, 0.4) is 0 Å². The van der Waals surface area contributed by atoms with Gasteiger partial charge in [0.15, 0.2) is 0 Å². The summed E-state index contributed by atoms with van der Waals surface area (Å²) in [4.78, 5) is 10.4. The lowest BCUT2D eigenvalue weighted by Gasteiger charge is -1.97. The number of benzene rings is 1. The predicted octanol–water partition coefficient (Wildman–Crippen LogP) is 1.87. The fourth-order valence-electron chi connectivity index (χ4n) is 1.07. The van der Waals surface area contributed by atoms with Gasteiger partial charge in [-0.2, -0.15) is 0 Å². The minimum atomic E-state index is -0.317. The van der Waals surface area contributed by atoms with E-state index in [1.54, 1.807) is 12.2 Å². The van der Waals surface area contributed by atoms with E-state index in [9.17, 15) is 9.18 Å². The Balaban J connectivity index is 2.89. The standard InChI is InChI=1S/C11H12FNO/c1-13-6-2-3-10-7-9(8-14)4-5-11(10)12/h2-5,7-8,13H,6H2,1H3. The van der Waals surface area contributed by atoms with E-state index in [2.05, 4.69) is 5.32 Å². The first-order chi connectivity index (χ1) is 6.77. The molecule has 0 aliphatic carbocycles. The van der Waals surface area contributed by atoms with Gasteiger partial charge in [-0.05, 0) is 25.2 Å². The van der Waals surface area contributed by atoms with E-state index in [-0.39, 0.29) is 5.82 Å². The fraction of sp³-hybridized carbons (Fsp3) is 0.182. The summed E-state index contributed by atoms with van der Waals surface area (Å²) in [5, 5.41) is 2.91. The Hall–Kier alpha value is -1.48. The number of likely N-dealkylation sites (N-methyl/N-ethyl adjacent to an activating group) is 1. The Bertz CT molecular complexity index is 347. The fourth-order valence-corrected chi connectivity index (χ4v) is 1.07. The van der Waals surface area contributed by atoms with Crippen molar-refractivity contribution in [2.45, 2.75) is 0 Å². The molecule has 0 fully saturated rings. The zero-order valence-electron chi connectivity index (χ0n) is 7.96. The van der Waals surface area contributed by atoms with Gasteiger partial charge in [-0.15, -0.1) is 0 Å². The largest absolute Gasteiger partial charge is 0.316 e. The molecule has 3 heteroatoms. The maximum atomic E-state index is 13.1. The third-order valence-electron chi connectivity index (χ3n) is 1.78. The summed E-state index contributed by atoms with van der Waals surface area (Å²) in [6, 6.07) is 4.27. The quantitative estimate of drug-likeness (QED) is 0.739. The number of hydrogen-bond acceptors (Lipinski definition) is 2. The van der Waals surface area contributed by atoms with Crippen LogP contribution in [0.1, 0.15) is 15.9 Å².